The maximum absolute atomic E-state index is 11.5. The molecule has 16 heavy (non-hydrogen) atoms. The minimum absolute atomic E-state index is 0.0551. The number of hydrogen-bond acceptors (Lipinski definition) is 3. The Morgan fingerprint density at radius 3 is 2.75 bits per heavy atom. The molecule has 2 rings (SSSR count). The van der Waals surface area contributed by atoms with Crippen molar-refractivity contribution in [1.29, 1.82) is 0 Å². The molecule has 1 heterocycles. The summed E-state index contributed by atoms with van der Waals surface area (Å²) in [7, 11) is -3.00. The van der Waals surface area contributed by atoms with Crippen LogP contribution in [-0.4, -0.2) is 14.2 Å². The Bertz CT molecular complexity index is 608. The molecule has 4 heteroatoms. The number of benzene rings is 1. The van der Waals surface area contributed by atoms with E-state index >= 15 is 0 Å². The van der Waals surface area contributed by atoms with Gasteiger partial charge in [-0.3, -0.25) is 0 Å². The van der Waals surface area contributed by atoms with Crippen molar-refractivity contribution in [2.24, 2.45) is 0 Å². The molecule has 0 aliphatic rings. The molecule has 0 radical (unpaired) electrons. The summed E-state index contributed by atoms with van der Waals surface area (Å²) in [5, 5.41) is 0.891. The molecule has 2 aromatic rings. The van der Waals surface area contributed by atoms with Gasteiger partial charge in [-0.1, -0.05) is 19.1 Å². The summed E-state index contributed by atoms with van der Waals surface area (Å²) < 4.78 is 28.4. The first-order valence-corrected chi connectivity index (χ1v) is 7.01. The molecule has 1 aromatic carbocycles. The fourth-order valence-corrected chi connectivity index (χ4v) is 2.54. The van der Waals surface area contributed by atoms with E-state index in [2.05, 4.69) is 0 Å². The maximum atomic E-state index is 11.5. The number of aryl methyl sites for hydroxylation is 1. The molecule has 86 valence electrons. The molecule has 3 nitrogen and oxygen atoms in total. The van der Waals surface area contributed by atoms with E-state index in [9.17, 15) is 8.42 Å². The first-order chi connectivity index (χ1) is 7.52. The Hall–Kier alpha value is -1.29. The summed E-state index contributed by atoms with van der Waals surface area (Å²) in [4.78, 5) is 0. The van der Waals surface area contributed by atoms with Crippen LogP contribution in [0.3, 0.4) is 0 Å². The molecule has 0 unspecified atom stereocenters. The van der Waals surface area contributed by atoms with Crippen molar-refractivity contribution in [3.8, 4) is 0 Å². The van der Waals surface area contributed by atoms with Gasteiger partial charge in [-0.15, -0.1) is 0 Å². The van der Waals surface area contributed by atoms with E-state index in [0.29, 0.717) is 0 Å². The zero-order chi connectivity index (χ0) is 11.8. The molecule has 0 atom stereocenters. The predicted molar refractivity (Wildman–Crippen MR) is 64.1 cm³/mol. The van der Waals surface area contributed by atoms with Gasteiger partial charge in [-0.05, 0) is 18.6 Å². The minimum atomic E-state index is -3.00. The van der Waals surface area contributed by atoms with Crippen LogP contribution in [0.1, 0.15) is 18.1 Å². The van der Waals surface area contributed by atoms with E-state index in [0.717, 1.165) is 22.1 Å². The molecular formula is C12H14O3S. The number of sulfone groups is 1. The summed E-state index contributed by atoms with van der Waals surface area (Å²) >= 11 is 0. The maximum Gasteiger partial charge on any atom is 0.154 e. The van der Waals surface area contributed by atoms with Crippen molar-refractivity contribution < 1.29 is 12.8 Å². The summed E-state index contributed by atoms with van der Waals surface area (Å²) in [6, 6.07) is 5.78. The van der Waals surface area contributed by atoms with Crippen LogP contribution in [0.4, 0.5) is 0 Å². The lowest BCUT2D eigenvalue weighted by Crippen LogP contribution is -2.05. The molecule has 1 aromatic heterocycles. The number of hydrogen-bond donors (Lipinski definition) is 0. The Balaban J connectivity index is 2.47. The smallest absolute Gasteiger partial charge is 0.154 e. The Kier molecular flexibility index (Phi) is 2.76. The average molecular weight is 238 g/mol. The van der Waals surface area contributed by atoms with Gasteiger partial charge in [0, 0.05) is 16.7 Å². The number of furan rings is 1. The number of fused-ring (bicyclic) bond motifs is 1. The van der Waals surface area contributed by atoms with Gasteiger partial charge in [-0.2, -0.15) is 0 Å². The van der Waals surface area contributed by atoms with Gasteiger partial charge in [-0.25, -0.2) is 8.42 Å². The lowest BCUT2D eigenvalue weighted by Gasteiger charge is -1.99. The van der Waals surface area contributed by atoms with Crippen molar-refractivity contribution in [1.82, 2.24) is 0 Å². The molecule has 0 saturated heterocycles. The van der Waals surface area contributed by atoms with E-state index in [1.165, 1.54) is 6.26 Å². The van der Waals surface area contributed by atoms with Crippen molar-refractivity contribution in [3.05, 3.63) is 35.6 Å². The first-order valence-electron chi connectivity index (χ1n) is 5.19. The molecular weight excluding hydrogens is 224 g/mol. The van der Waals surface area contributed by atoms with Crippen molar-refractivity contribution in [2.45, 2.75) is 19.6 Å². The summed E-state index contributed by atoms with van der Waals surface area (Å²) in [6.45, 7) is 3.63. The topological polar surface area (TPSA) is 47.3 Å². The summed E-state index contributed by atoms with van der Waals surface area (Å²) in [5.41, 5.74) is 2.60. The highest BCUT2D eigenvalue weighted by Gasteiger charge is 2.13. The normalized spacial score (nSPS) is 12.1. The molecule has 0 amide bonds. The second kappa shape index (κ2) is 3.94. The zero-order valence-corrected chi connectivity index (χ0v) is 10.2. The van der Waals surface area contributed by atoms with Crippen molar-refractivity contribution in [3.63, 3.8) is 0 Å². The fraction of sp³-hybridized carbons (Fsp3) is 0.333. The molecule has 0 N–H and O–H groups in total. The van der Waals surface area contributed by atoms with Crippen LogP contribution in [-0.2, 0) is 15.6 Å². The lowest BCUT2D eigenvalue weighted by molar-refractivity contribution is 0.592. The fourth-order valence-electron chi connectivity index (χ4n) is 1.64. The third-order valence-electron chi connectivity index (χ3n) is 2.63. The van der Waals surface area contributed by atoms with Crippen LogP contribution >= 0.6 is 0 Å². The summed E-state index contributed by atoms with van der Waals surface area (Å²) in [5.74, 6) is 0.213. The Labute approximate surface area is 95.0 Å². The van der Waals surface area contributed by atoms with Gasteiger partial charge in [0.25, 0.3) is 0 Å². The van der Waals surface area contributed by atoms with Gasteiger partial charge in [0.2, 0.25) is 0 Å². The average Bonchev–Trinajstić information content (AvgIpc) is 2.60. The standard InChI is InChI=1S/C12H14O3S/c1-3-16(13,14)8-10-7-15-12-6-9(2)4-5-11(10)12/h4-7H,3,8H2,1-2H3. The van der Waals surface area contributed by atoms with Crippen LogP contribution in [0.5, 0.6) is 0 Å². The van der Waals surface area contributed by atoms with E-state index in [4.69, 9.17) is 4.42 Å². The highest BCUT2D eigenvalue weighted by molar-refractivity contribution is 7.90. The van der Waals surface area contributed by atoms with Crippen LogP contribution in [0.15, 0.2) is 28.9 Å². The van der Waals surface area contributed by atoms with Crippen LogP contribution in [0.2, 0.25) is 0 Å². The van der Waals surface area contributed by atoms with E-state index < -0.39 is 9.84 Å². The van der Waals surface area contributed by atoms with E-state index in [1.807, 2.05) is 25.1 Å². The highest BCUT2D eigenvalue weighted by Crippen LogP contribution is 2.24. The zero-order valence-electron chi connectivity index (χ0n) is 9.36. The minimum Gasteiger partial charge on any atom is -0.464 e. The van der Waals surface area contributed by atoms with E-state index in [-0.39, 0.29) is 11.5 Å². The van der Waals surface area contributed by atoms with Gasteiger partial charge < -0.3 is 4.42 Å². The molecule has 0 bridgehead atoms. The highest BCUT2D eigenvalue weighted by atomic mass is 32.2. The van der Waals surface area contributed by atoms with Crippen LogP contribution in [0.25, 0.3) is 11.0 Å². The monoisotopic (exact) mass is 238 g/mol. The Morgan fingerprint density at radius 2 is 2.06 bits per heavy atom. The van der Waals surface area contributed by atoms with E-state index in [1.54, 1.807) is 6.92 Å². The third kappa shape index (κ3) is 2.11. The van der Waals surface area contributed by atoms with Gasteiger partial charge in [0.05, 0.1) is 12.0 Å². The second-order valence-electron chi connectivity index (χ2n) is 3.94. The third-order valence-corrected chi connectivity index (χ3v) is 4.26. The van der Waals surface area contributed by atoms with Crippen LogP contribution in [0, 0.1) is 6.92 Å². The molecule has 0 spiro atoms. The van der Waals surface area contributed by atoms with Gasteiger partial charge >= 0.3 is 0 Å². The van der Waals surface area contributed by atoms with Crippen molar-refractivity contribution in [2.75, 3.05) is 5.75 Å². The quantitative estimate of drug-likeness (QED) is 0.826. The molecule has 0 aliphatic carbocycles. The first kappa shape index (κ1) is 11.2. The molecule has 0 fully saturated rings. The Morgan fingerprint density at radius 1 is 1.31 bits per heavy atom. The van der Waals surface area contributed by atoms with Gasteiger partial charge in [0.1, 0.15) is 5.58 Å². The lowest BCUT2D eigenvalue weighted by atomic mass is 10.1. The SMILES string of the molecule is CCS(=O)(=O)Cc1coc2cc(C)ccc12. The van der Waals surface area contributed by atoms with Crippen LogP contribution < -0.4 is 0 Å². The summed E-state index contributed by atoms with van der Waals surface area (Å²) in [6.07, 6.45) is 1.54. The number of rotatable bonds is 3. The molecule has 0 saturated carbocycles. The van der Waals surface area contributed by atoms with Crippen molar-refractivity contribution >= 4 is 20.8 Å². The molecule has 0 aliphatic heterocycles. The second-order valence-corrected chi connectivity index (χ2v) is 6.29. The van der Waals surface area contributed by atoms with Gasteiger partial charge in [0.15, 0.2) is 9.84 Å². The predicted octanol–water partition coefficient (Wildman–Crippen LogP) is 2.68. The largest absolute Gasteiger partial charge is 0.464 e.